The van der Waals surface area contributed by atoms with Gasteiger partial charge in [0.15, 0.2) is 0 Å². The van der Waals surface area contributed by atoms with Gasteiger partial charge in [0.05, 0.1) is 36.1 Å². The number of methoxy groups -OCH3 is 2. The van der Waals surface area contributed by atoms with Crippen LogP contribution in [0.2, 0.25) is 5.02 Å². The highest BCUT2D eigenvalue weighted by Gasteiger charge is 2.32. The Hall–Kier alpha value is -3.44. The fraction of sp³-hybridized carbons (Fsp3) is 0.321. The van der Waals surface area contributed by atoms with Crippen LogP contribution in [-0.4, -0.2) is 41.7 Å². The fourth-order valence-corrected chi connectivity index (χ4v) is 6.00. The Kier molecular flexibility index (Phi) is 8.84. The third-order valence-electron chi connectivity index (χ3n) is 6.79. The summed E-state index contributed by atoms with van der Waals surface area (Å²) >= 11 is 6.25. The molecule has 12 heteroatoms. The first kappa shape index (κ1) is 29.5. The Morgan fingerprint density at radius 3 is 2.40 bits per heavy atom. The number of hydrogen-bond acceptors (Lipinski definition) is 6. The average Bonchev–Trinajstić information content (AvgIpc) is 2.92. The van der Waals surface area contributed by atoms with Crippen LogP contribution in [0.25, 0.3) is 11.1 Å². The lowest BCUT2D eigenvalue weighted by Crippen LogP contribution is -2.35. The molecule has 0 spiro atoms. The minimum Gasteiger partial charge on any atom is -0.497 e. The van der Waals surface area contributed by atoms with Gasteiger partial charge in [0.2, 0.25) is 0 Å². The van der Waals surface area contributed by atoms with Crippen LogP contribution in [-0.2, 0) is 25.7 Å². The van der Waals surface area contributed by atoms with E-state index in [-0.39, 0.29) is 17.6 Å². The van der Waals surface area contributed by atoms with Crippen LogP contribution in [0.1, 0.15) is 24.8 Å². The fourth-order valence-electron chi connectivity index (χ4n) is 4.66. The zero-order valence-corrected chi connectivity index (χ0v) is 23.4. The highest BCUT2D eigenvalue weighted by atomic mass is 35.5. The third kappa shape index (κ3) is 7.00. The second-order valence-electron chi connectivity index (χ2n) is 9.45. The summed E-state index contributed by atoms with van der Waals surface area (Å²) < 4.78 is 79.1. The molecule has 0 aromatic heterocycles. The molecule has 0 radical (unpaired) electrons. The minimum atomic E-state index is -4.70. The molecule has 0 saturated carbocycles. The quantitative estimate of drug-likeness (QED) is 0.294. The number of nitrogens with one attached hydrogen (secondary N) is 1. The molecule has 0 unspecified atom stereocenters. The van der Waals surface area contributed by atoms with Crippen molar-refractivity contribution in [2.75, 3.05) is 36.9 Å². The van der Waals surface area contributed by atoms with Gasteiger partial charge in [-0.15, -0.1) is 0 Å². The van der Waals surface area contributed by atoms with Gasteiger partial charge in [0.1, 0.15) is 5.75 Å². The van der Waals surface area contributed by atoms with E-state index in [9.17, 15) is 26.4 Å². The standard InChI is InChI=1S/C28H28ClF3N2O5S/c1-38-23-14-20(13-22(29)17-23)19-6-7-26(34-10-8-18(9-11-34)12-27(35)39-2)25(15-19)33-40(36,37)24-5-3-4-21(16-24)28(30,31)32/h3-7,13-18,33H,8-12H2,1-2H3. The molecule has 7 nitrogen and oxygen atoms in total. The molecular weight excluding hydrogens is 569 g/mol. The van der Waals surface area contributed by atoms with Crippen LogP contribution < -0.4 is 14.4 Å². The van der Waals surface area contributed by atoms with E-state index in [0.717, 1.165) is 18.2 Å². The van der Waals surface area contributed by atoms with Gasteiger partial charge in [-0.1, -0.05) is 23.7 Å². The van der Waals surface area contributed by atoms with Gasteiger partial charge >= 0.3 is 12.1 Å². The van der Waals surface area contributed by atoms with E-state index in [1.807, 2.05) is 11.0 Å². The average molecular weight is 597 g/mol. The molecule has 0 bridgehead atoms. The normalized spacial score (nSPS) is 14.6. The third-order valence-corrected chi connectivity index (χ3v) is 8.37. The lowest BCUT2D eigenvalue weighted by atomic mass is 9.93. The predicted octanol–water partition coefficient (Wildman–Crippen LogP) is 6.61. The number of alkyl halides is 3. The lowest BCUT2D eigenvalue weighted by molar-refractivity contribution is -0.142. The van der Waals surface area contributed by atoms with Crippen molar-refractivity contribution >= 4 is 39.0 Å². The van der Waals surface area contributed by atoms with Crippen molar-refractivity contribution in [2.45, 2.75) is 30.3 Å². The highest BCUT2D eigenvalue weighted by Crippen LogP contribution is 2.38. The van der Waals surface area contributed by atoms with Crippen molar-refractivity contribution in [3.8, 4) is 16.9 Å². The van der Waals surface area contributed by atoms with Crippen LogP contribution in [0.5, 0.6) is 5.75 Å². The molecular formula is C28H28ClF3N2O5S. The van der Waals surface area contributed by atoms with E-state index in [4.69, 9.17) is 21.1 Å². The number of carbonyl (C=O) groups excluding carboxylic acids is 1. The van der Waals surface area contributed by atoms with Crippen molar-refractivity contribution < 1.29 is 35.9 Å². The molecule has 214 valence electrons. The number of esters is 1. The summed E-state index contributed by atoms with van der Waals surface area (Å²) in [5.74, 6) is 0.354. The van der Waals surface area contributed by atoms with Gasteiger partial charge in [-0.25, -0.2) is 8.42 Å². The SMILES string of the molecule is COC(=O)CC1CCN(c2ccc(-c3cc(Cl)cc(OC)c3)cc2NS(=O)(=O)c2cccc(C(F)(F)F)c2)CC1. The molecule has 0 aliphatic carbocycles. The van der Waals surface area contributed by atoms with Crippen molar-refractivity contribution in [3.63, 3.8) is 0 Å². The Morgan fingerprint density at radius 2 is 1.75 bits per heavy atom. The first-order valence-corrected chi connectivity index (χ1v) is 14.3. The van der Waals surface area contributed by atoms with E-state index in [2.05, 4.69) is 4.72 Å². The monoisotopic (exact) mass is 596 g/mol. The molecule has 0 amide bonds. The van der Waals surface area contributed by atoms with Gasteiger partial charge in [-0.05, 0) is 78.4 Å². The molecule has 3 aromatic rings. The summed E-state index contributed by atoms with van der Waals surface area (Å²) in [4.78, 5) is 13.2. The Balaban J connectivity index is 1.71. The minimum absolute atomic E-state index is 0.132. The second kappa shape index (κ2) is 12.0. The number of piperidine rings is 1. The number of carbonyl (C=O) groups is 1. The molecule has 1 saturated heterocycles. The van der Waals surface area contributed by atoms with Crippen LogP contribution >= 0.6 is 11.6 Å². The smallest absolute Gasteiger partial charge is 0.416 e. The van der Waals surface area contributed by atoms with Crippen LogP contribution in [0, 0.1) is 5.92 Å². The lowest BCUT2D eigenvalue weighted by Gasteiger charge is -2.34. The maximum Gasteiger partial charge on any atom is 0.416 e. The molecule has 3 aromatic carbocycles. The maximum absolute atomic E-state index is 13.3. The number of hydrogen-bond donors (Lipinski definition) is 1. The zero-order valence-electron chi connectivity index (χ0n) is 21.8. The molecule has 4 rings (SSSR count). The number of nitrogens with zero attached hydrogens (tertiary/aromatic N) is 1. The molecule has 1 aliphatic rings. The number of halogens is 4. The molecule has 1 N–H and O–H groups in total. The first-order chi connectivity index (χ1) is 18.9. The van der Waals surface area contributed by atoms with Crippen LogP contribution in [0.15, 0.2) is 65.6 Å². The highest BCUT2D eigenvalue weighted by molar-refractivity contribution is 7.92. The summed E-state index contributed by atoms with van der Waals surface area (Å²) in [5, 5.41) is 0.414. The van der Waals surface area contributed by atoms with E-state index >= 15 is 0 Å². The number of benzene rings is 3. The Labute approximate surface area is 235 Å². The van der Waals surface area contributed by atoms with Crippen LogP contribution in [0.4, 0.5) is 24.5 Å². The molecule has 1 fully saturated rings. The number of rotatable bonds is 8. The van der Waals surface area contributed by atoms with Crippen molar-refractivity contribution in [2.24, 2.45) is 5.92 Å². The molecule has 40 heavy (non-hydrogen) atoms. The van der Waals surface area contributed by atoms with Crippen molar-refractivity contribution in [1.29, 1.82) is 0 Å². The molecule has 1 aliphatic heterocycles. The summed E-state index contributed by atoms with van der Waals surface area (Å²) in [7, 11) is -1.55. The van der Waals surface area contributed by atoms with Gasteiger partial charge < -0.3 is 14.4 Å². The molecule has 1 heterocycles. The van der Waals surface area contributed by atoms with Gasteiger partial charge in [-0.2, -0.15) is 13.2 Å². The molecule has 0 atom stereocenters. The van der Waals surface area contributed by atoms with Crippen molar-refractivity contribution in [1.82, 2.24) is 0 Å². The van der Waals surface area contributed by atoms with Gasteiger partial charge in [0.25, 0.3) is 10.0 Å². The van der Waals surface area contributed by atoms with E-state index in [0.29, 0.717) is 66.0 Å². The number of ether oxygens (including phenoxy) is 2. The summed E-state index contributed by atoms with van der Waals surface area (Å²) in [5.41, 5.74) is 0.965. The first-order valence-electron chi connectivity index (χ1n) is 12.4. The van der Waals surface area contributed by atoms with E-state index in [1.165, 1.54) is 14.2 Å². The summed E-state index contributed by atoms with van der Waals surface area (Å²) in [6.07, 6.45) is -3.03. The maximum atomic E-state index is 13.3. The topological polar surface area (TPSA) is 84.9 Å². The number of anilines is 2. The Bertz CT molecular complexity index is 1490. The van der Waals surface area contributed by atoms with E-state index < -0.39 is 26.7 Å². The van der Waals surface area contributed by atoms with Crippen LogP contribution in [0.3, 0.4) is 0 Å². The Morgan fingerprint density at radius 1 is 1.02 bits per heavy atom. The second-order valence-corrected chi connectivity index (χ2v) is 11.6. The largest absolute Gasteiger partial charge is 0.497 e. The predicted molar refractivity (Wildman–Crippen MR) is 147 cm³/mol. The summed E-state index contributed by atoms with van der Waals surface area (Å²) in [6.45, 7) is 1.09. The van der Waals surface area contributed by atoms with E-state index in [1.54, 1.807) is 30.3 Å². The van der Waals surface area contributed by atoms with Gasteiger partial charge in [0, 0.05) is 24.5 Å². The van der Waals surface area contributed by atoms with Gasteiger partial charge in [-0.3, -0.25) is 9.52 Å². The number of sulfonamides is 1. The van der Waals surface area contributed by atoms with Crippen molar-refractivity contribution in [3.05, 3.63) is 71.2 Å². The summed E-state index contributed by atoms with van der Waals surface area (Å²) in [6, 6.07) is 13.8. The zero-order chi connectivity index (χ0) is 29.1.